The maximum atomic E-state index is 4.23. The smallest absolute Gasteiger partial charge is 0.0346 e. The van der Waals surface area contributed by atoms with Crippen LogP contribution in [0.25, 0.3) is 16.3 Å². The van der Waals surface area contributed by atoms with Crippen molar-refractivity contribution in [2.24, 2.45) is 0 Å². The predicted molar refractivity (Wildman–Crippen MR) is 108 cm³/mol. The SMILES string of the molecule is C1=C(c2ccc3cnccc3c2)CC2CCCC1N2Cc1ccccc1. The molecule has 1 aromatic heterocycles. The Morgan fingerprint density at radius 3 is 2.77 bits per heavy atom. The number of piperidine rings is 1. The van der Waals surface area contributed by atoms with Crippen molar-refractivity contribution in [3.05, 3.63) is 84.2 Å². The van der Waals surface area contributed by atoms with E-state index in [0.717, 1.165) is 6.54 Å². The predicted octanol–water partition coefficient (Wildman–Crippen LogP) is 5.45. The lowest BCUT2D eigenvalue weighted by Gasteiger charge is -2.45. The average molecular weight is 340 g/mol. The summed E-state index contributed by atoms with van der Waals surface area (Å²) in [7, 11) is 0. The van der Waals surface area contributed by atoms with Crippen LogP contribution in [0, 0.1) is 0 Å². The third-order valence-electron chi connectivity index (χ3n) is 6.00. The van der Waals surface area contributed by atoms with Crippen molar-refractivity contribution in [2.75, 3.05) is 0 Å². The Morgan fingerprint density at radius 2 is 1.88 bits per heavy atom. The second-order valence-electron chi connectivity index (χ2n) is 7.64. The molecule has 2 aliphatic heterocycles. The first-order chi connectivity index (χ1) is 12.9. The fourth-order valence-corrected chi connectivity index (χ4v) is 4.66. The van der Waals surface area contributed by atoms with Crippen LogP contribution in [-0.4, -0.2) is 22.0 Å². The third-order valence-corrected chi connectivity index (χ3v) is 6.00. The Labute approximate surface area is 155 Å². The molecule has 2 unspecified atom stereocenters. The summed E-state index contributed by atoms with van der Waals surface area (Å²) in [6.07, 6.45) is 11.5. The maximum absolute atomic E-state index is 4.23. The molecule has 5 rings (SSSR count). The summed E-state index contributed by atoms with van der Waals surface area (Å²) in [5.74, 6) is 0. The minimum absolute atomic E-state index is 0.575. The highest BCUT2D eigenvalue weighted by atomic mass is 15.2. The zero-order chi connectivity index (χ0) is 17.3. The Bertz CT molecular complexity index is 945. The van der Waals surface area contributed by atoms with Crippen LogP contribution in [0.5, 0.6) is 0 Å². The first-order valence-electron chi connectivity index (χ1n) is 9.71. The van der Waals surface area contributed by atoms with Crippen LogP contribution in [0.15, 0.2) is 73.1 Å². The van der Waals surface area contributed by atoms with Gasteiger partial charge in [0.25, 0.3) is 0 Å². The minimum atomic E-state index is 0.575. The van der Waals surface area contributed by atoms with E-state index in [0.29, 0.717) is 12.1 Å². The first kappa shape index (κ1) is 15.8. The molecule has 0 radical (unpaired) electrons. The highest BCUT2D eigenvalue weighted by Crippen LogP contribution is 2.38. The summed E-state index contributed by atoms with van der Waals surface area (Å²) in [5.41, 5.74) is 4.35. The Balaban J connectivity index is 1.46. The highest BCUT2D eigenvalue weighted by Gasteiger charge is 2.34. The van der Waals surface area contributed by atoms with Crippen LogP contribution < -0.4 is 0 Å². The molecule has 2 atom stereocenters. The lowest BCUT2D eigenvalue weighted by atomic mass is 9.82. The summed E-state index contributed by atoms with van der Waals surface area (Å²) in [4.78, 5) is 6.96. The molecule has 2 nitrogen and oxygen atoms in total. The molecule has 130 valence electrons. The maximum Gasteiger partial charge on any atom is 0.0346 e. The van der Waals surface area contributed by atoms with Crippen molar-refractivity contribution in [2.45, 2.75) is 44.3 Å². The van der Waals surface area contributed by atoms with Gasteiger partial charge in [-0.1, -0.05) is 55.0 Å². The van der Waals surface area contributed by atoms with Crippen LogP contribution in [0.1, 0.15) is 36.8 Å². The zero-order valence-corrected chi connectivity index (χ0v) is 15.0. The molecule has 0 N–H and O–H groups in total. The molecule has 0 aliphatic carbocycles. The van der Waals surface area contributed by atoms with Crippen LogP contribution in [0.4, 0.5) is 0 Å². The van der Waals surface area contributed by atoms with Gasteiger partial charge in [-0.2, -0.15) is 0 Å². The molecule has 3 heterocycles. The molecule has 2 bridgehead atoms. The highest BCUT2D eigenvalue weighted by molar-refractivity contribution is 5.85. The monoisotopic (exact) mass is 340 g/mol. The number of aromatic nitrogens is 1. The standard InChI is InChI=1S/C24H24N2/c1-2-5-18(6-3-1)17-26-23-7-4-8-24(26)15-22(14-23)19-9-10-21-16-25-12-11-20(21)13-19/h1-3,5-6,9-14,16,23-24H,4,7-8,15,17H2. The molecule has 0 saturated carbocycles. The molecular weight excluding hydrogens is 316 g/mol. The Morgan fingerprint density at radius 1 is 0.962 bits per heavy atom. The van der Waals surface area contributed by atoms with Gasteiger partial charge in [0.15, 0.2) is 0 Å². The van der Waals surface area contributed by atoms with Gasteiger partial charge in [-0.15, -0.1) is 0 Å². The number of rotatable bonds is 3. The summed E-state index contributed by atoms with van der Waals surface area (Å²) < 4.78 is 0. The van der Waals surface area contributed by atoms with E-state index in [1.807, 2.05) is 12.4 Å². The molecule has 0 amide bonds. The van der Waals surface area contributed by atoms with E-state index in [-0.39, 0.29) is 0 Å². The molecule has 3 aromatic rings. The second kappa shape index (κ2) is 6.69. The number of hydrogen-bond donors (Lipinski definition) is 0. The van der Waals surface area contributed by atoms with E-state index < -0.39 is 0 Å². The zero-order valence-electron chi connectivity index (χ0n) is 15.0. The van der Waals surface area contributed by atoms with Gasteiger partial charge in [0.2, 0.25) is 0 Å². The van der Waals surface area contributed by atoms with E-state index in [1.54, 1.807) is 0 Å². The summed E-state index contributed by atoms with van der Waals surface area (Å²) in [5, 5.41) is 2.51. The molecule has 0 spiro atoms. The fraction of sp³-hybridized carbons (Fsp3) is 0.292. The van der Waals surface area contributed by atoms with Crippen molar-refractivity contribution in [1.29, 1.82) is 0 Å². The lowest BCUT2D eigenvalue weighted by Crippen LogP contribution is -2.47. The van der Waals surface area contributed by atoms with Crippen LogP contribution in [-0.2, 0) is 6.54 Å². The molecule has 2 aromatic carbocycles. The fourth-order valence-electron chi connectivity index (χ4n) is 4.66. The molecular formula is C24H24N2. The van der Waals surface area contributed by atoms with Gasteiger partial charge in [-0.05, 0) is 53.5 Å². The van der Waals surface area contributed by atoms with Gasteiger partial charge >= 0.3 is 0 Å². The number of benzene rings is 2. The van der Waals surface area contributed by atoms with E-state index in [2.05, 4.69) is 70.6 Å². The molecule has 1 fully saturated rings. The van der Waals surface area contributed by atoms with Gasteiger partial charge in [0.05, 0.1) is 0 Å². The van der Waals surface area contributed by atoms with Crippen LogP contribution >= 0.6 is 0 Å². The van der Waals surface area contributed by atoms with Crippen LogP contribution in [0.3, 0.4) is 0 Å². The second-order valence-corrected chi connectivity index (χ2v) is 7.64. The van der Waals surface area contributed by atoms with Gasteiger partial charge in [-0.3, -0.25) is 9.88 Å². The number of pyridine rings is 1. The van der Waals surface area contributed by atoms with E-state index in [9.17, 15) is 0 Å². The third kappa shape index (κ3) is 2.95. The van der Waals surface area contributed by atoms with Crippen molar-refractivity contribution in [3.8, 4) is 0 Å². The van der Waals surface area contributed by atoms with Crippen LogP contribution in [0.2, 0.25) is 0 Å². The Hall–Kier alpha value is -2.45. The number of fused-ring (bicyclic) bond motifs is 3. The van der Waals surface area contributed by atoms with Crippen molar-refractivity contribution in [3.63, 3.8) is 0 Å². The largest absolute Gasteiger partial charge is 0.289 e. The molecule has 26 heavy (non-hydrogen) atoms. The average Bonchev–Trinajstić information content (AvgIpc) is 2.68. The number of nitrogens with zero attached hydrogens (tertiary/aromatic N) is 2. The topological polar surface area (TPSA) is 16.1 Å². The van der Waals surface area contributed by atoms with Gasteiger partial charge in [0.1, 0.15) is 0 Å². The van der Waals surface area contributed by atoms with Gasteiger partial charge in [0, 0.05) is 36.4 Å². The Kier molecular flexibility index (Phi) is 4.06. The number of hydrogen-bond acceptors (Lipinski definition) is 2. The van der Waals surface area contributed by atoms with E-state index >= 15 is 0 Å². The first-order valence-corrected chi connectivity index (χ1v) is 9.71. The summed E-state index contributed by atoms with van der Waals surface area (Å²) in [6.45, 7) is 1.07. The minimum Gasteiger partial charge on any atom is -0.289 e. The quantitative estimate of drug-likeness (QED) is 0.630. The van der Waals surface area contributed by atoms with E-state index in [4.69, 9.17) is 0 Å². The lowest BCUT2D eigenvalue weighted by molar-refractivity contribution is 0.0951. The summed E-state index contributed by atoms with van der Waals surface area (Å²) in [6, 6.07) is 21.1. The summed E-state index contributed by atoms with van der Waals surface area (Å²) >= 11 is 0. The van der Waals surface area contributed by atoms with Gasteiger partial charge < -0.3 is 0 Å². The molecule has 2 heteroatoms. The normalized spacial score (nSPS) is 23.0. The van der Waals surface area contributed by atoms with E-state index in [1.165, 1.54) is 53.2 Å². The van der Waals surface area contributed by atoms with Crippen molar-refractivity contribution >= 4 is 16.3 Å². The van der Waals surface area contributed by atoms with Gasteiger partial charge in [-0.25, -0.2) is 0 Å². The van der Waals surface area contributed by atoms with Crippen molar-refractivity contribution in [1.82, 2.24) is 9.88 Å². The molecule has 2 aliphatic rings. The van der Waals surface area contributed by atoms with Crippen molar-refractivity contribution < 1.29 is 0 Å². The molecule has 1 saturated heterocycles.